The predicted molar refractivity (Wildman–Crippen MR) is 121 cm³/mol. The van der Waals surface area contributed by atoms with Gasteiger partial charge in [-0.2, -0.15) is 11.8 Å². The summed E-state index contributed by atoms with van der Waals surface area (Å²) in [6.07, 6.45) is 9.92. The van der Waals surface area contributed by atoms with E-state index < -0.39 is 0 Å². The van der Waals surface area contributed by atoms with E-state index in [2.05, 4.69) is 35.6 Å². The van der Waals surface area contributed by atoms with Crippen LogP contribution < -0.4 is 10.6 Å². The van der Waals surface area contributed by atoms with Crippen molar-refractivity contribution in [2.24, 2.45) is 10.9 Å². The highest BCUT2D eigenvalue weighted by atomic mass is 127. The highest BCUT2D eigenvalue weighted by Crippen LogP contribution is 2.15. The Bertz CT molecular complexity index is 315. The maximum Gasteiger partial charge on any atom is 0.191 e. The van der Waals surface area contributed by atoms with Crippen molar-refractivity contribution in [3.8, 4) is 0 Å². The van der Waals surface area contributed by atoms with Gasteiger partial charge >= 0.3 is 0 Å². The van der Waals surface area contributed by atoms with Crippen molar-refractivity contribution in [1.29, 1.82) is 0 Å². The average Bonchev–Trinajstić information content (AvgIpc) is 2.54. The number of piperidine rings is 1. The molecule has 1 unspecified atom stereocenters. The van der Waals surface area contributed by atoms with E-state index in [1.807, 2.05) is 11.8 Å². The zero-order valence-electron chi connectivity index (χ0n) is 16.0. The first kappa shape index (κ1) is 24.3. The lowest BCUT2D eigenvalue weighted by Crippen LogP contribution is -2.38. The van der Waals surface area contributed by atoms with Crippen LogP contribution >= 0.6 is 35.7 Å². The summed E-state index contributed by atoms with van der Waals surface area (Å²) in [5.74, 6) is 3.13. The topological polar surface area (TPSA) is 39.7 Å². The van der Waals surface area contributed by atoms with Gasteiger partial charge < -0.3 is 15.5 Å². The standard InChI is InChI=1S/C18H38N4S.HI/c1-4-19-18(21-12-6-8-15-23-3)20-11-5-7-13-22-14-9-10-17(2)16-22;/h17H,4-16H2,1-3H3,(H2,19,20,21);1H. The molecule has 1 atom stereocenters. The molecule has 1 fully saturated rings. The molecular formula is C18H39IN4S. The summed E-state index contributed by atoms with van der Waals surface area (Å²) >= 11 is 1.92. The van der Waals surface area contributed by atoms with Crippen LogP contribution in [0.5, 0.6) is 0 Å². The van der Waals surface area contributed by atoms with Crippen LogP contribution in [0.3, 0.4) is 0 Å². The Morgan fingerprint density at radius 3 is 2.75 bits per heavy atom. The second kappa shape index (κ2) is 16.8. The van der Waals surface area contributed by atoms with E-state index in [1.54, 1.807) is 0 Å². The third-order valence-corrected chi connectivity index (χ3v) is 5.00. The highest BCUT2D eigenvalue weighted by molar-refractivity contribution is 14.0. The molecule has 1 rings (SSSR count). The molecule has 0 aromatic carbocycles. The van der Waals surface area contributed by atoms with E-state index in [4.69, 9.17) is 4.99 Å². The molecule has 0 saturated carbocycles. The number of halogens is 1. The van der Waals surface area contributed by atoms with Gasteiger partial charge in [0.25, 0.3) is 0 Å². The number of unbranched alkanes of at least 4 members (excludes halogenated alkanes) is 2. The molecule has 6 heteroatoms. The maximum absolute atomic E-state index is 4.70. The molecule has 0 spiro atoms. The minimum Gasteiger partial charge on any atom is -0.357 e. The monoisotopic (exact) mass is 470 g/mol. The molecular weight excluding hydrogens is 431 g/mol. The van der Waals surface area contributed by atoms with Gasteiger partial charge in [-0.05, 0) is 76.5 Å². The van der Waals surface area contributed by atoms with E-state index in [0.29, 0.717) is 0 Å². The molecule has 1 aliphatic rings. The van der Waals surface area contributed by atoms with Crippen molar-refractivity contribution in [3.05, 3.63) is 0 Å². The first-order chi connectivity index (χ1) is 11.3. The van der Waals surface area contributed by atoms with Crippen molar-refractivity contribution in [3.63, 3.8) is 0 Å². The Kier molecular flexibility index (Phi) is 17.0. The Morgan fingerprint density at radius 2 is 2.04 bits per heavy atom. The van der Waals surface area contributed by atoms with E-state index in [9.17, 15) is 0 Å². The summed E-state index contributed by atoms with van der Waals surface area (Å²) in [5, 5.41) is 6.79. The first-order valence-corrected chi connectivity index (χ1v) is 10.9. The summed E-state index contributed by atoms with van der Waals surface area (Å²) < 4.78 is 0. The van der Waals surface area contributed by atoms with E-state index in [1.165, 1.54) is 63.9 Å². The number of guanidine groups is 1. The fourth-order valence-corrected chi connectivity index (χ4v) is 3.54. The Balaban J connectivity index is 0.00000529. The Morgan fingerprint density at radius 1 is 1.21 bits per heavy atom. The van der Waals surface area contributed by atoms with Crippen LogP contribution in [-0.4, -0.2) is 62.1 Å². The Labute approximate surface area is 171 Å². The second-order valence-electron chi connectivity index (χ2n) is 6.64. The third kappa shape index (κ3) is 12.6. The molecule has 0 aliphatic carbocycles. The molecule has 1 saturated heterocycles. The number of hydrogen-bond acceptors (Lipinski definition) is 3. The van der Waals surface area contributed by atoms with Gasteiger partial charge in [-0.25, -0.2) is 0 Å². The summed E-state index contributed by atoms with van der Waals surface area (Å²) in [4.78, 5) is 7.33. The summed E-state index contributed by atoms with van der Waals surface area (Å²) in [5.41, 5.74) is 0. The fourth-order valence-electron chi connectivity index (χ4n) is 3.05. The van der Waals surface area contributed by atoms with Crippen LogP contribution in [0.1, 0.15) is 52.4 Å². The summed E-state index contributed by atoms with van der Waals surface area (Å²) in [6, 6.07) is 0. The van der Waals surface area contributed by atoms with E-state index in [0.717, 1.165) is 31.5 Å². The normalized spacial score (nSPS) is 19.0. The van der Waals surface area contributed by atoms with Gasteiger partial charge in [-0.1, -0.05) is 6.92 Å². The van der Waals surface area contributed by atoms with Crippen molar-refractivity contribution < 1.29 is 0 Å². The minimum absolute atomic E-state index is 0. The van der Waals surface area contributed by atoms with E-state index >= 15 is 0 Å². The molecule has 24 heavy (non-hydrogen) atoms. The van der Waals surface area contributed by atoms with Crippen molar-refractivity contribution in [2.75, 3.05) is 51.3 Å². The molecule has 0 radical (unpaired) electrons. The van der Waals surface area contributed by atoms with Crippen LogP contribution in [0.25, 0.3) is 0 Å². The van der Waals surface area contributed by atoms with Crippen molar-refractivity contribution in [2.45, 2.75) is 52.4 Å². The number of aliphatic imine (C=N–C) groups is 1. The van der Waals surface area contributed by atoms with Crippen LogP contribution in [0.4, 0.5) is 0 Å². The largest absolute Gasteiger partial charge is 0.357 e. The number of nitrogens with one attached hydrogen (secondary N) is 2. The molecule has 144 valence electrons. The van der Waals surface area contributed by atoms with Gasteiger partial charge in [0.2, 0.25) is 0 Å². The number of hydrogen-bond donors (Lipinski definition) is 2. The lowest BCUT2D eigenvalue weighted by atomic mass is 10.0. The number of rotatable bonds is 11. The molecule has 4 nitrogen and oxygen atoms in total. The van der Waals surface area contributed by atoms with Gasteiger partial charge in [0, 0.05) is 26.2 Å². The van der Waals surface area contributed by atoms with Gasteiger partial charge in [-0.15, -0.1) is 24.0 Å². The zero-order valence-corrected chi connectivity index (χ0v) is 19.1. The highest BCUT2D eigenvalue weighted by Gasteiger charge is 2.15. The quantitative estimate of drug-likeness (QED) is 0.209. The minimum atomic E-state index is 0. The van der Waals surface area contributed by atoms with Crippen LogP contribution in [0.15, 0.2) is 4.99 Å². The summed E-state index contributed by atoms with van der Waals surface area (Å²) in [7, 11) is 0. The smallest absolute Gasteiger partial charge is 0.191 e. The van der Waals surface area contributed by atoms with Crippen LogP contribution in [0, 0.1) is 5.92 Å². The van der Waals surface area contributed by atoms with Crippen molar-refractivity contribution >= 4 is 41.7 Å². The number of nitrogens with zero attached hydrogens (tertiary/aromatic N) is 2. The zero-order chi connectivity index (χ0) is 16.8. The fraction of sp³-hybridized carbons (Fsp3) is 0.944. The van der Waals surface area contributed by atoms with Gasteiger partial charge in [-0.3, -0.25) is 4.99 Å². The Hall–Kier alpha value is 0.310. The second-order valence-corrected chi connectivity index (χ2v) is 7.63. The molecule has 1 heterocycles. The van der Waals surface area contributed by atoms with Gasteiger partial charge in [0.1, 0.15) is 0 Å². The molecule has 0 aromatic heterocycles. The third-order valence-electron chi connectivity index (χ3n) is 4.31. The molecule has 0 bridgehead atoms. The van der Waals surface area contributed by atoms with Gasteiger partial charge in [0.05, 0.1) is 0 Å². The van der Waals surface area contributed by atoms with Crippen LogP contribution in [-0.2, 0) is 0 Å². The SMILES string of the molecule is CCNC(=NCCCCN1CCCC(C)C1)NCCCCSC.I. The average molecular weight is 471 g/mol. The van der Waals surface area contributed by atoms with Crippen molar-refractivity contribution in [1.82, 2.24) is 15.5 Å². The lowest BCUT2D eigenvalue weighted by Gasteiger charge is -2.30. The number of thioether (sulfide) groups is 1. The molecule has 0 amide bonds. The molecule has 0 aromatic rings. The molecule has 1 aliphatic heterocycles. The van der Waals surface area contributed by atoms with Crippen LogP contribution in [0.2, 0.25) is 0 Å². The number of likely N-dealkylation sites (tertiary alicyclic amines) is 1. The first-order valence-electron chi connectivity index (χ1n) is 9.49. The summed E-state index contributed by atoms with van der Waals surface area (Å²) in [6.45, 7) is 11.2. The molecule has 2 N–H and O–H groups in total. The predicted octanol–water partition coefficient (Wildman–Crippen LogP) is 3.81. The van der Waals surface area contributed by atoms with Gasteiger partial charge in [0.15, 0.2) is 5.96 Å². The maximum atomic E-state index is 4.70. The van der Waals surface area contributed by atoms with E-state index in [-0.39, 0.29) is 24.0 Å². The lowest BCUT2D eigenvalue weighted by molar-refractivity contribution is 0.181.